The first-order valence-corrected chi connectivity index (χ1v) is 4.41. The fraction of sp³-hybridized carbons (Fsp3) is 0.250. The molecule has 1 heterocycles. The van der Waals surface area contributed by atoms with E-state index in [1.165, 1.54) is 0 Å². The molecule has 0 saturated carbocycles. The number of aromatic nitrogens is 2. The van der Waals surface area contributed by atoms with E-state index in [0.29, 0.717) is 0 Å². The molecule has 1 rings (SSSR count). The zero-order chi connectivity index (χ0) is 12.0. The summed E-state index contributed by atoms with van der Waals surface area (Å²) in [5, 5.41) is 10.6. The maximum atomic E-state index is 10.6. The van der Waals surface area contributed by atoms with Crippen LogP contribution in [0.1, 0.15) is 6.92 Å². The minimum Gasteiger partial charge on any atom is -0.468 e. The van der Waals surface area contributed by atoms with Crippen LogP contribution in [0.15, 0.2) is 18.3 Å². The Labute approximate surface area is 91.3 Å². The topological polar surface area (TPSA) is 116 Å². The number of hydrazine groups is 1. The molecule has 8 nitrogen and oxygen atoms in total. The van der Waals surface area contributed by atoms with Gasteiger partial charge in [-0.2, -0.15) is 4.98 Å². The summed E-state index contributed by atoms with van der Waals surface area (Å²) in [4.78, 5) is 17.4. The Morgan fingerprint density at radius 2 is 2.50 bits per heavy atom. The monoisotopic (exact) mass is 225 g/mol. The molecule has 0 aliphatic rings. The molecule has 0 saturated heterocycles. The standard InChI is InChI=1S/C8H11N5O3/c1-2-3-4-16-7-6(13(14)15)5-10-8(11-7)12-9/h2-3,5H,4,9H2,1H3,(H,10,11,12)/b3-2+. The lowest BCUT2D eigenvalue weighted by atomic mass is 10.5. The van der Waals surface area contributed by atoms with E-state index in [9.17, 15) is 10.1 Å². The van der Waals surface area contributed by atoms with Gasteiger partial charge in [-0.1, -0.05) is 12.2 Å². The van der Waals surface area contributed by atoms with Crippen molar-refractivity contribution in [1.29, 1.82) is 0 Å². The van der Waals surface area contributed by atoms with Gasteiger partial charge in [-0.05, 0) is 6.92 Å². The van der Waals surface area contributed by atoms with Gasteiger partial charge >= 0.3 is 5.69 Å². The van der Waals surface area contributed by atoms with Crippen LogP contribution in [0.2, 0.25) is 0 Å². The number of nitrogens with one attached hydrogen (secondary N) is 1. The van der Waals surface area contributed by atoms with Crippen molar-refractivity contribution >= 4 is 11.6 Å². The average Bonchev–Trinajstić information content (AvgIpc) is 2.29. The molecule has 0 aromatic carbocycles. The minimum atomic E-state index is -0.620. The second-order valence-corrected chi connectivity index (χ2v) is 2.67. The number of nitrogens with zero attached hydrogens (tertiary/aromatic N) is 3. The average molecular weight is 225 g/mol. The predicted molar refractivity (Wildman–Crippen MR) is 56.8 cm³/mol. The van der Waals surface area contributed by atoms with Crippen molar-refractivity contribution in [3.8, 4) is 5.88 Å². The lowest BCUT2D eigenvalue weighted by molar-refractivity contribution is -0.386. The Kier molecular flexibility index (Phi) is 4.16. The molecule has 0 fully saturated rings. The van der Waals surface area contributed by atoms with Gasteiger partial charge in [-0.15, -0.1) is 0 Å². The molecule has 0 unspecified atom stereocenters. The molecule has 8 heteroatoms. The van der Waals surface area contributed by atoms with Crippen molar-refractivity contribution in [1.82, 2.24) is 9.97 Å². The predicted octanol–water partition coefficient (Wildman–Crippen LogP) is 0.625. The van der Waals surface area contributed by atoms with Gasteiger partial charge in [0.25, 0.3) is 5.88 Å². The van der Waals surface area contributed by atoms with Crippen LogP contribution in [0, 0.1) is 10.1 Å². The molecule has 0 aliphatic carbocycles. The SMILES string of the molecule is C/C=C/COc1nc(NN)ncc1[N+](=O)[O-]. The van der Waals surface area contributed by atoms with E-state index in [2.05, 4.69) is 15.4 Å². The van der Waals surface area contributed by atoms with Crippen molar-refractivity contribution in [2.75, 3.05) is 12.0 Å². The van der Waals surface area contributed by atoms with Crippen LogP contribution >= 0.6 is 0 Å². The van der Waals surface area contributed by atoms with Crippen LogP contribution in [0.5, 0.6) is 5.88 Å². The number of hydrogen-bond acceptors (Lipinski definition) is 7. The molecule has 1 aromatic heterocycles. The van der Waals surface area contributed by atoms with E-state index < -0.39 is 4.92 Å². The van der Waals surface area contributed by atoms with E-state index in [1.54, 1.807) is 12.2 Å². The lowest BCUT2D eigenvalue weighted by Crippen LogP contribution is -2.12. The fourth-order valence-corrected chi connectivity index (χ4v) is 0.884. The quantitative estimate of drug-likeness (QED) is 0.326. The number of hydrogen-bond donors (Lipinski definition) is 2. The van der Waals surface area contributed by atoms with E-state index in [-0.39, 0.29) is 24.1 Å². The number of nitrogen functional groups attached to an aromatic ring is 1. The van der Waals surface area contributed by atoms with Crippen molar-refractivity contribution in [3.63, 3.8) is 0 Å². The van der Waals surface area contributed by atoms with E-state index >= 15 is 0 Å². The van der Waals surface area contributed by atoms with Crippen LogP contribution in [0.4, 0.5) is 11.6 Å². The Bertz CT molecular complexity index is 407. The van der Waals surface area contributed by atoms with Crippen molar-refractivity contribution < 1.29 is 9.66 Å². The molecule has 1 aromatic rings. The van der Waals surface area contributed by atoms with Gasteiger partial charge in [0.15, 0.2) is 0 Å². The highest BCUT2D eigenvalue weighted by molar-refractivity contribution is 5.42. The smallest absolute Gasteiger partial charge is 0.349 e. The molecule has 3 N–H and O–H groups in total. The molecule has 0 aliphatic heterocycles. The molecule has 86 valence electrons. The normalized spacial score (nSPS) is 10.4. The first-order chi connectivity index (χ1) is 7.69. The maximum absolute atomic E-state index is 10.6. The van der Waals surface area contributed by atoms with Gasteiger partial charge < -0.3 is 4.74 Å². The first kappa shape index (κ1) is 11.9. The van der Waals surface area contributed by atoms with Gasteiger partial charge in [0.2, 0.25) is 5.95 Å². The largest absolute Gasteiger partial charge is 0.468 e. The number of rotatable bonds is 5. The summed E-state index contributed by atoms with van der Waals surface area (Å²) in [5.74, 6) is 5.02. The van der Waals surface area contributed by atoms with Gasteiger partial charge in [0, 0.05) is 0 Å². The Balaban J connectivity index is 2.95. The molecule has 0 amide bonds. The fourth-order valence-electron chi connectivity index (χ4n) is 0.884. The van der Waals surface area contributed by atoms with Crippen molar-refractivity contribution in [2.45, 2.75) is 6.92 Å². The highest BCUT2D eigenvalue weighted by Gasteiger charge is 2.18. The maximum Gasteiger partial charge on any atom is 0.349 e. The van der Waals surface area contributed by atoms with Crippen molar-refractivity contribution in [3.05, 3.63) is 28.5 Å². The summed E-state index contributed by atoms with van der Waals surface area (Å²) >= 11 is 0. The number of ether oxygens (including phenoxy) is 1. The summed E-state index contributed by atoms with van der Waals surface area (Å²) in [6.07, 6.45) is 4.49. The van der Waals surface area contributed by atoms with Crippen LogP contribution in [-0.2, 0) is 0 Å². The van der Waals surface area contributed by atoms with Gasteiger partial charge in [-0.3, -0.25) is 15.5 Å². The second-order valence-electron chi connectivity index (χ2n) is 2.67. The molecule has 0 bridgehead atoms. The van der Waals surface area contributed by atoms with E-state index in [1.807, 2.05) is 6.92 Å². The van der Waals surface area contributed by atoms with Gasteiger partial charge in [-0.25, -0.2) is 10.8 Å². The Morgan fingerprint density at radius 1 is 1.75 bits per heavy atom. The third-order valence-electron chi connectivity index (χ3n) is 1.61. The highest BCUT2D eigenvalue weighted by atomic mass is 16.6. The molecule has 0 spiro atoms. The molecule has 0 radical (unpaired) electrons. The molecular weight excluding hydrogens is 214 g/mol. The van der Waals surface area contributed by atoms with E-state index in [0.717, 1.165) is 6.20 Å². The van der Waals surface area contributed by atoms with Crippen LogP contribution < -0.4 is 16.0 Å². The zero-order valence-electron chi connectivity index (χ0n) is 8.58. The summed E-state index contributed by atoms with van der Waals surface area (Å²) in [7, 11) is 0. The Hall–Kier alpha value is -2.22. The number of anilines is 1. The number of allylic oxidation sites excluding steroid dienone is 1. The van der Waals surface area contributed by atoms with Crippen LogP contribution in [0.3, 0.4) is 0 Å². The molecular formula is C8H11N5O3. The van der Waals surface area contributed by atoms with Gasteiger partial charge in [0.05, 0.1) is 4.92 Å². The summed E-state index contributed by atoms with van der Waals surface area (Å²) < 4.78 is 5.11. The molecule has 16 heavy (non-hydrogen) atoms. The van der Waals surface area contributed by atoms with Crippen LogP contribution in [0.25, 0.3) is 0 Å². The summed E-state index contributed by atoms with van der Waals surface area (Å²) in [5.41, 5.74) is 1.88. The zero-order valence-corrected chi connectivity index (χ0v) is 8.58. The van der Waals surface area contributed by atoms with E-state index in [4.69, 9.17) is 10.6 Å². The third kappa shape index (κ3) is 2.89. The number of nitro groups is 1. The molecule has 0 atom stereocenters. The van der Waals surface area contributed by atoms with Crippen LogP contribution in [-0.4, -0.2) is 21.5 Å². The number of nitrogens with two attached hydrogens (primary N) is 1. The minimum absolute atomic E-state index is 0.0566. The third-order valence-corrected chi connectivity index (χ3v) is 1.61. The highest BCUT2D eigenvalue weighted by Crippen LogP contribution is 2.23. The van der Waals surface area contributed by atoms with Gasteiger partial charge in [0.1, 0.15) is 12.8 Å². The van der Waals surface area contributed by atoms with Crippen molar-refractivity contribution in [2.24, 2.45) is 5.84 Å². The lowest BCUT2D eigenvalue weighted by Gasteiger charge is -2.04. The first-order valence-electron chi connectivity index (χ1n) is 4.41. The summed E-state index contributed by atoms with van der Waals surface area (Å²) in [6.45, 7) is 2.00. The Morgan fingerprint density at radius 3 is 3.06 bits per heavy atom. The summed E-state index contributed by atoms with van der Waals surface area (Å²) in [6, 6.07) is 0. The second kappa shape index (κ2) is 5.61.